The van der Waals surface area contributed by atoms with Crippen molar-refractivity contribution in [1.29, 1.82) is 0 Å². The maximum atomic E-state index is 14.3. The van der Waals surface area contributed by atoms with Crippen molar-refractivity contribution in [2.45, 2.75) is 56.7 Å². The van der Waals surface area contributed by atoms with Gasteiger partial charge in [0.05, 0.1) is 6.04 Å². The highest BCUT2D eigenvalue weighted by Crippen LogP contribution is 2.46. The van der Waals surface area contributed by atoms with Gasteiger partial charge in [-0.3, -0.25) is 9.78 Å². The zero-order valence-electron chi connectivity index (χ0n) is 18.0. The number of ether oxygens (including phenoxy) is 1. The molecule has 3 fully saturated rings. The van der Waals surface area contributed by atoms with Crippen molar-refractivity contribution in [3.63, 3.8) is 0 Å². The van der Waals surface area contributed by atoms with E-state index in [9.17, 15) is 27.2 Å². The van der Waals surface area contributed by atoms with E-state index in [-0.39, 0.29) is 41.8 Å². The normalized spacial score (nSPS) is 23.8. The summed E-state index contributed by atoms with van der Waals surface area (Å²) in [4.78, 5) is 35.7. The molecule has 182 valence electrons. The van der Waals surface area contributed by atoms with E-state index >= 15 is 0 Å². The minimum atomic E-state index is -4.91. The average Bonchev–Trinajstić information content (AvgIpc) is 3.67. The molecule has 2 heterocycles. The van der Waals surface area contributed by atoms with Crippen LogP contribution in [0.25, 0.3) is 0 Å². The van der Waals surface area contributed by atoms with Crippen LogP contribution in [0, 0.1) is 11.7 Å². The fraction of sp³-hybridized carbons (Fsp3) is 0.500. The number of piperidine rings is 1. The van der Waals surface area contributed by atoms with Gasteiger partial charge in [-0.15, -0.1) is 13.2 Å². The molecule has 2 saturated carbocycles. The van der Waals surface area contributed by atoms with Gasteiger partial charge in [0.15, 0.2) is 0 Å². The molecule has 3 atom stereocenters. The number of hydrogen-bond acceptors (Lipinski definition) is 5. The Hall–Kier alpha value is -3.31. The SMILES string of the molecule is O=C(NCc1ccc(OC(F)(F)F)cc1F)N(C1CC1)[C@@H]1CC2CC2N(c2nccc(=O)[nH]2)C1. The maximum absolute atomic E-state index is 14.3. The number of urea groups is 1. The first-order chi connectivity index (χ1) is 16.2. The highest BCUT2D eigenvalue weighted by Gasteiger charge is 2.51. The number of H-pyrrole nitrogens is 1. The molecule has 0 bridgehead atoms. The molecule has 1 aromatic heterocycles. The molecule has 5 rings (SSSR count). The van der Waals surface area contributed by atoms with Crippen molar-refractivity contribution in [2.75, 3.05) is 11.4 Å². The van der Waals surface area contributed by atoms with E-state index < -0.39 is 17.9 Å². The quantitative estimate of drug-likeness (QED) is 0.619. The van der Waals surface area contributed by atoms with Crippen molar-refractivity contribution in [3.8, 4) is 5.75 Å². The summed E-state index contributed by atoms with van der Waals surface area (Å²) in [5, 5.41) is 2.71. The standard InChI is InChI=1S/C22H23F4N5O3/c23-17-9-16(34-22(24,25)26)4-1-12(17)10-28-21(33)31(14-2-3-14)15-7-13-8-18(13)30(11-15)20-27-6-5-19(32)29-20/h1,4-6,9,13-15,18H,2-3,7-8,10-11H2,(H,28,33)(H,27,29,32)/t13?,15-,18?/m1/s1. The topological polar surface area (TPSA) is 90.6 Å². The summed E-state index contributed by atoms with van der Waals surface area (Å²) in [6.07, 6.45) is 0.0864. The molecule has 3 aliphatic rings. The Morgan fingerprint density at radius 2 is 2.03 bits per heavy atom. The van der Waals surface area contributed by atoms with Crippen LogP contribution in [0.2, 0.25) is 0 Å². The van der Waals surface area contributed by atoms with Crippen LogP contribution in [0.15, 0.2) is 35.3 Å². The predicted octanol–water partition coefficient (Wildman–Crippen LogP) is 3.15. The first-order valence-electron chi connectivity index (χ1n) is 11.1. The second-order valence-electron chi connectivity index (χ2n) is 8.96. The van der Waals surface area contributed by atoms with Crippen LogP contribution in [0.5, 0.6) is 5.75 Å². The largest absolute Gasteiger partial charge is 0.573 e. The van der Waals surface area contributed by atoms with E-state index in [2.05, 4.69) is 20.0 Å². The maximum Gasteiger partial charge on any atom is 0.573 e. The molecule has 12 heteroatoms. The van der Waals surface area contributed by atoms with Gasteiger partial charge in [-0.1, -0.05) is 6.07 Å². The highest BCUT2D eigenvalue weighted by molar-refractivity contribution is 5.75. The van der Waals surface area contributed by atoms with Crippen molar-refractivity contribution >= 4 is 12.0 Å². The van der Waals surface area contributed by atoms with Crippen LogP contribution >= 0.6 is 0 Å². The lowest BCUT2D eigenvalue weighted by Crippen LogP contribution is -2.54. The monoisotopic (exact) mass is 481 g/mol. The van der Waals surface area contributed by atoms with Gasteiger partial charge in [-0.2, -0.15) is 0 Å². The third kappa shape index (κ3) is 4.95. The Balaban J connectivity index is 1.26. The van der Waals surface area contributed by atoms with E-state index in [0.29, 0.717) is 24.5 Å². The summed E-state index contributed by atoms with van der Waals surface area (Å²) in [7, 11) is 0. The highest BCUT2D eigenvalue weighted by atomic mass is 19.4. The van der Waals surface area contributed by atoms with Gasteiger partial charge >= 0.3 is 12.4 Å². The van der Waals surface area contributed by atoms with Gasteiger partial charge in [0.2, 0.25) is 5.95 Å². The van der Waals surface area contributed by atoms with Crippen LogP contribution in [0.4, 0.5) is 28.3 Å². The Kier molecular flexibility index (Phi) is 5.61. The first kappa shape index (κ1) is 22.5. The molecule has 2 N–H and O–H groups in total. The Morgan fingerprint density at radius 3 is 2.71 bits per heavy atom. The second-order valence-corrected chi connectivity index (χ2v) is 8.96. The van der Waals surface area contributed by atoms with Crippen LogP contribution in [-0.4, -0.2) is 51.9 Å². The molecule has 1 aliphatic heterocycles. The molecule has 1 aromatic carbocycles. The number of rotatable bonds is 6. The van der Waals surface area contributed by atoms with Crippen LogP contribution < -0.4 is 20.5 Å². The number of aromatic nitrogens is 2. The van der Waals surface area contributed by atoms with Gasteiger partial charge < -0.3 is 19.9 Å². The zero-order valence-corrected chi connectivity index (χ0v) is 18.0. The van der Waals surface area contributed by atoms with Crippen LogP contribution in [-0.2, 0) is 6.54 Å². The summed E-state index contributed by atoms with van der Waals surface area (Å²) in [5.74, 6) is -0.668. The minimum Gasteiger partial charge on any atom is -0.406 e. The van der Waals surface area contributed by atoms with Gasteiger partial charge in [-0.05, 0) is 37.7 Å². The number of anilines is 1. The molecule has 2 unspecified atom stereocenters. The number of amides is 2. The zero-order chi connectivity index (χ0) is 24.0. The molecular weight excluding hydrogens is 458 g/mol. The van der Waals surface area contributed by atoms with Gasteiger partial charge in [-0.25, -0.2) is 14.2 Å². The molecule has 2 amide bonds. The number of carbonyl (C=O) groups is 1. The Morgan fingerprint density at radius 1 is 1.24 bits per heavy atom. The van der Waals surface area contributed by atoms with E-state index in [0.717, 1.165) is 37.8 Å². The summed E-state index contributed by atoms with van der Waals surface area (Å²) in [6.45, 7) is 0.353. The predicted molar refractivity (Wildman–Crippen MR) is 113 cm³/mol. The number of benzene rings is 1. The minimum absolute atomic E-state index is 0.0530. The fourth-order valence-electron chi connectivity index (χ4n) is 4.72. The first-order valence-corrected chi connectivity index (χ1v) is 11.1. The van der Waals surface area contributed by atoms with Crippen LogP contribution in [0.3, 0.4) is 0 Å². The van der Waals surface area contributed by atoms with Gasteiger partial charge in [0, 0.05) is 49.1 Å². The summed E-state index contributed by atoms with van der Waals surface area (Å²) in [6, 6.07) is 4.08. The summed E-state index contributed by atoms with van der Waals surface area (Å²) >= 11 is 0. The van der Waals surface area contributed by atoms with Crippen molar-refractivity contribution in [3.05, 3.63) is 52.2 Å². The number of nitrogens with one attached hydrogen (secondary N) is 2. The van der Waals surface area contributed by atoms with Crippen molar-refractivity contribution < 1.29 is 27.1 Å². The number of hydrogen-bond donors (Lipinski definition) is 2. The molecule has 34 heavy (non-hydrogen) atoms. The van der Waals surface area contributed by atoms with E-state index in [1.807, 2.05) is 4.90 Å². The van der Waals surface area contributed by atoms with Gasteiger partial charge in [0.25, 0.3) is 5.56 Å². The van der Waals surface area contributed by atoms with E-state index in [4.69, 9.17) is 0 Å². The second kappa shape index (κ2) is 8.48. The third-order valence-corrected chi connectivity index (χ3v) is 6.45. The van der Waals surface area contributed by atoms with Gasteiger partial charge in [0.1, 0.15) is 11.6 Å². The molecule has 1 saturated heterocycles. The Bertz CT molecular complexity index is 1140. The van der Waals surface area contributed by atoms with E-state index in [1.165, 1.54) is 12.3 Å². The summed E-state index contributed by atoms with van der Waals surface area (Å²) in [5.41, 5.74) is -0.188. The van der Waals surface area contributed by atoms with Crippen molar-refractivity contribution in [1.82, 2.24) is 20.2 Å². The molecule has 2 aromatic rings. The lowest BCUT2D eigenvalue weighted by Gasteiger charge is -2.39. The number of nitrogens with zero attached hydrogens (tertiary/aromatic N) is 3. The average molecular weight is 481 g/mol. The van der Waals surface area contributed by atoms with Crippen LogP contribution in [0.1, 0.15) is 31.2 Å². The number of halogens is 4. The number of aromatic amines is 1. The smallest absolute Gasteiger partial charge is 0.406 e. The lowest BCUT2D eigenvalue weighted by atomic mass is 10.0. The Labute approximate surface area is 191 Å². The van der Waals surface area contributed by atoms with E-state index in [1.54, 1.807) is 4.90 Å². The third-order valence-electron chi connectivity index (χ3n) is 6.45. The summed E-state index contributed by atoms with van der Waals surface area (Å²) < 4.78 is 55.0. The molecule has 8 nitrogen and oxygen atoms in total. The number of carbonyl (C=O) groups excluding carboxylic acids is 1. The molecule has 0 radical (unpaired) electrons. The number of fused-ring (bicyclic) bond motifs is 1. The fourth-order valence-corrected chi connectivity index (χ4v) is 4.72. The number of alkyl halides is 3. The molecule has 0 spiro atoms. The molecular formula is C22H23F4N5O3. The van der Waals surface area contributed by atoms with Crippen molar-refractivity contribution in [2.24, 2.45) is 5.92 Å². The molecule has 2 aliphatic carbocycles. The lowest BCUT2D eigenvalue weighted by molar-refractivity contribution is -0.274.